The van der Waals surface area contributed by atoms with Crippen molar-refractivity contribution < 1.29 is 18.9 Å². The third-order valence-electron chi connectivity index (χ3n) is 2.96. The van der Waals surface area contributed by atoms with Crippen molar-refractivity contribution >= 4 is 0 Å². The topological polar surface area (TPSA) is 36.9 Å². The lowest BCUT2D eigenvalue weighted by Gasteiger charge is -2.23. The summed E-state index contributed by atoms with van der Waals surface area (Å²) in [7, 11) is 0. The average molecular weight is 234 g/mol. The highest BCUT2D eigenvalue weighted by molar-refractivity contribution is 5.26. The van der Waals surface area contributed by atoms with Gasteiger partial charge >= 0.3 is 6.16 Å². The highest BCUT2D eigenvalue weighted by Crippen LogP contribution is 2.36. The van der Waals surface area contributed by atoms with E-state index in [4.69, 9.17) is 18.9 Å². The molecule has 0 amide bonds. The van der Waals surface area contributed by atoms with Gasteiger partial charge in [-0.05, 0) is 18.1 Å². The van der Waals surface area contributed by atoms with E-state index in [1.165, 1.54) is 0 Å². The van der Waals surface area contributed by atoms with E-state index in [-0.39, 0.29) is 6.10 Å². The Labute approximate surface area is 99.7 Å². The molecule has 2 aliphatic heterocycles. The van der Waals surface area contributed by atoms with Gasteiger partial charge in [-0.3, -0.25) is 14.2 Å². The van der Waals surface area contributed by atoms with E-state index in [1.54, 1.807) is 0 Å². The standard InChI is InChI=1S/C13H14O4/c1-9-10(2)17-13(16-9)14-7-11-5-3-4-6-12(11)8-15-13/h3-6,10H,1,7-8H2,2H3. The second-order valence-electron chi connectivity index (χ2n) is 4.17. The molecular formula is C13H14O4. The first-order chi connectivity index (χ1) is 8.19. The highest BCUT2D eigenvalue weighted by Gasteiger charge is 2.48. The molecule has 2 heterocycles. The number of fused-ring (bicyclic) bond motifs is 1. The average Bonchev–Trinajstić information content (AvgIpc) is 2.51. The third kappa shape index (κ3) is 1.84. The maximum absolute atomic E-state index is 5.59. The largest absolute Gasteiger partial charge is 0.462 e. The van der Waals surface area contributed by atoms with Crippen LogP contribution in [0.2, 0.25) is 0 Å². The molecule has 0 N–H and O–H groups in total. The second-order valence-corrected chi connectivity index (χ2v) is 4.17. The molecule has 1 aromatic carbocycles. The van der Waals surface area contributed by atoms with Gasteiger partial charge in [0.1, 0.15) is 11.9 Å². The van der Waals surface area contributed by atoms with Crippen LogP contribution in [0.1, 0.15) is 18.1 Å². The molecule has 0 bridgehead atoms. The minimum atomic E-state index is -1.42. The normalized spacial score (nSPS) is 26.4. The van der Waals surface area contributed by atoms with Crippen molar-refractivity contribution in [2.24, 2.45) is 0 Å². The van der Waals surface area contributed by atoms with E-state index in [0.717, 1.165) is 11.1 Å². The first kappa shape index (κ1) is 10.8. The molecule has 17 heavy (non-hydrogen) atoms. The van der Waals surface area contributed by atoms with Gasteiger partial charge in [-0.15, -0.1) is 0 Å². The van der Waals surface area contributed by atoms with E-state index in [9.17, 15) is 0 Å². The van der Waals surface area contributed by atoms with Gasteiger partial charge in [0.15, 0.2) is 0 Å². The lowest BCUT2D eigenvalue weighted by Crippen LogP contribution is -2.36. The molecule has 1 aromatic rings. The molecule has 1 unspecified atom stereocenters. The number of rotatable bonds is 0. The predicted octanol–water partition coefficient (Wildman–Crippen LogP) is 2.29. The molecule has 90 valence electrons. The number of hydrogen-bond acceptors (Lipinski definition) is 4. The molecule has 0 aliphatic carbocycles. The fourth-order valence-electron chi connectivity index (χ4n) is 1.89. The summed E-state index contributed by atoms with van der Waals surface area (Å²) < 4.78 is 22.2. The van der Waals surface area contributed by atoms with E-state index in [0.29, 0.717) is 19.0 Å². The first-order valence-corrected chi connectivity index (χ1v) is 5.59. The minimum Gasteiger partial charge on any atom is -0.419 e. The Hall–Kier alpha value is -1.36. The lowest BCUT2D eigenvalue weighted by atomic mass is 10.1. The van der Waals surface area contributed by atoms with Gasteiger partial charge in [0.25, 0.3) is 0 Å². The van der Waals surface area contributed by atoms with Gasteiger partial charge in [-0.25, -0.2) is 0 Å². The zero-order valence-corrected chi connectivity index (χ0v) is 9.64. The van der Waals surface area contributed by atoms with E-state index in [2.05, 4.69) is 6.58 Å². The summed E-state index contributed by atoms with van der Waals surface area (Å²) in [6.45, 7) is 6.40. The molecule has 0 saturated carbocycles. The van der Waals surface area contributed by atoms with Crippen molar-refractivity contribution in [1.82, 2.24) is 0 Å². The molecule has 0 aromatic heterocycles. The Balaban J connectivity index is 1.84. The Morgan fingerprint density at radius 3 is 2.24 bits per heavy atom. The molecule has 1 fully saturated rings. The van der Waals surface area contributed by atoms with Crippen molar-refractivity contribution in [3.8, 4) is 0 Å². The molecule has 2 aliphatic rings. The van der Waals surface area contributed by atoms with Crippen LogP contribution >= 0.6 is 0 Å². The number of ether oxygens (including phenoxy) is 4. The summed E-state index contributed by atoms with van der Waals surface area (Å²) >= 11 is 0. The smallest absolute Gasteiger partial charge is 0.419 e. The van der Waals surface area contributed by atoms with E-state index in [1.807, 2.05) is 31.2 Å². The van der Waals surface area contributed by atoms with Crippen LogP contribution in [0.15, 0.2) is 36.6 Å². The zero-order chi connectivity index (χ0) is 11.9. The quantitative estimate of drug-likeness (QED) is 0.690. The van der Waals surface area contributed by atoms with Gasteiger partial charge < -0.3 is 4.74 Å². The van der Waals surface area contributed by atoms with E-state index >= 15 is 0 Å². The van der Waals surface area contributed by atoms with Crippen LogP contribution in [0, 0.1) is 0 Å². The molecule has 4 nitrogen and oxygen atoms in total. The Morgan fingerprint density at radius 1 is 1.18 bits per heavy atom. The summed E-state index contributed by atoms with van der Waals surface area (Å²) in [6.07, 6.45) is -1.65. The van der Waals surface area contributed by atoms with Crippen LogP contribution in [-0.2, 0) is 32.2 Å². The first-order valence-electron chi connectivity index (χ1n) is 5.59. The van der Waals surface area contributed by atoms with Crippen LogP contribution in [0.25, 0.3) is 0 Å². The summed E-state index contributed by atoms with van der Waals surface area (Å²) in [5.74, 6) is 0.524. The lowest BCUT2D eigenvalue weighted by molar-refractivity contribution is -0.468. The Bertz CT molecular complexity index is 427. The van der Waals surface area contributed by atoms with Gasteiger partial charge in [0, 0.05) is 0 Å². The summed E-state index contributed by atoms with van der Waals surface area (Å²) in [5, 5.41) is 0. The summed E-state index contributed by atoms with van der Waals surface area (Å²) in [5.41, 5.74) is 2.17. The van der Waals surface area contributed by atoms with Gasteiger partial charge in [-0.2, -0.15) is 0 Å². The van der Waals surface area contributed by atoms with Gasteiger partial charge in [-0.1, -0.05) is 30.8 Å². The van der Waals surface area contributed by atoms with Crippen LogP contribution in [0.4, 0.5) is 0 Å². The summed E-state index contributed by atoms with van der Waals surface area (Å²) in [4.78, 5) is 0. The molecular weight excluding hydrogens is 220 g/mol. The van der Waals surface area contributed by atoms with Crippen molar-refractivity contribution in [2.75, 3.05) is 0 Å². The maximum atomic E-state index is 5.59. The Kier molecular flexibility index (Phi) is 2.43. The second kappa shape index (κ2) is 3.84. The predicted molar refractivity (Wildman–Crippen MR) is 59.5 cm³/mol. The highest BCUT2D eigenvalue weighted by atomic mass is 17.0. The van der Waals surface area contributed by atoms with Gasteiger partial charge in [0.2, 0.25) is 0 Å². The SMILES string of the molecule is C=C1OC2(OCc3ccccc3CO2)OC1C. The van der Waals surface area contributed by atoms with Crippen LogP contribution in [0.3, 0.4) is 0 Å². The Morgan fingerprint density at radius 2 is 1.76 bits per heavy atom. The molecule has 3 rings (SSSR count). The molecule has 1 atom stereocenters. The van der Waals surface area contributed by atoms with Crippen LogP contribution < -0.4 is 0 Å². The fourth-order valence-corrected chi connectivity index (χ4v) is 1.89. The molecule has 0 radical (unpaired) electrons. The molecule has 4 heteroatoms. The molecule has 1 spiro atoms. The molecule has 1 saturated heterocycles. The maximum Gasteiger partial charge on any atom is 0.462 e. The minimum absolute atomic E-state index is 0.226. The summed E-state index contributed by atoms with van der Waals surface area (Å²) in [6, 6.07) is 7.95. The van der Waals surface area contributed by atoms with Crippen molar-refractivity contribution in [3.05, 3.63) is 47.7 Å². The van der Waals surface area contributed by atoms with Gasteiger partial charge in [0.05, 0.1) is 13.2 Å². The fraction of sp³-hybridized carbons (Fsp3) is 0.385. The third-order valence-corrected chi connectivity index (χ3v) is 2.96. The monoisotopic (exact) mass is 234 g/mol. The van der Waals surface area contributed by atoms with Crippen LogP contribution in [0.5, 0.6) is 0 Å². The number of hydrogen-bond donors (Lipinski definition) is 0. The number of benzene rings is 1. The van der Waals surface area contributed by atoms with Crippen molar-refractivity contribution in [1.29, 1.82) is 0 Å². The van der Waals surface area contributed by atoms with E-state index < -0.39 is 6.16 Å². The van der Waals surface area contributed by atoms with Crippen LogP contribution in [-0.4, -0.2) is 12.3 Å². The zero-order valence-electron chi connectivity index (χ0n) is 9.64. The van der Waals surface area contributed by atoms with Crippen molar-refractivity contribution in [2.45, 2.75) is 32.4 Å². The van der Waals surface area contributed by atoms with Crippen molar-refractivity contribution in [3.63, 3.8) is 0 Å².